The number of halogens is 3. The van der Waals surface area contributed by atoms with E-state index in [0.29, 0.717) is 21.2 Å². The summed E-state index contributed by atoms with van der Waals surface area (Å²) in [6.45, 7) is -0.244. The molecule has 0 aliphatic heterocycles. The molecule has 2 rings (SSSR count). The molecule has 0 aliphatic carbocycles. The summed E-state index contributed by atoms with van der Waals surface area (Å²) in [5.41, 5.74) is 1.92. The minimum atomic E-state index is -0.386. The van der Waals surface area contributed by atoms with Gasteiger partial charge in [-0.3, -0.25) is 0 Å². The fourth-order valence-corrected chi connectivity index (χ4v) is 2.17. The van der Waals surface area contributed by atoms with Crippen molar-refractivity contribution in [3.63, 3.8) is 0 Å². The van der Waals surface area contributed by atoms with Crippen molar-refractivity contribution in [1.29, 1.82) is 0 Å². The number of hydrogen-bond donors (Lipinski definition) is 1. The van der Waals surface area contributed by atoms with Gasteiger partial charge in [-0.25, -0.2) is 4.39 Å². The Kier molecular flexibility index (Phi) is 3.67. The molecule has 0 bridgehead atoms. The third-order valence-corrected chi connectivity index (χ3v) is 3.01. The van der Waals surface area contributed by atoms with Crippen LogP contribution < -0.4 is 0 Å². The maximum Gasteiger partial charge on any atom is 0.123 e. The van der Waals surface area contributed by atoms with Crippen LogP contribution in [0.25, 0.3) is 11.1 Å². The third kappa shape index (κ3) is 2.60. The van der Waals surface area contributed by atoms with Crippen molar-refractivity contribution in [3.8, 4) is 11.1 Å². The highest BCUT2D eigenvalue weighted by Crippen LogP contribution is 2.32. The van der Waals surface area contributed by atoms with Crippen LogP contribution in [0.5, 0.6) is 0 Å². The minimum absolute atomic E-state index is 0.244. The van der Waals surface area contributed by atoms with E-state index in [-0.39, 0.29) is 12.4 Å². The Hall–Kier alpha value is -1.09. The zero-order chi connectivity index (χ0) is 12.4. The Morgan fingerprint density at radius 1 is 1.00 bits per heavy atom. The number of aliphatic hydroxyl groups excluding tert-OH is 1. The number of aliphatic hydroxyl groups is 1. The first-order valence-electron chi connectivity index (χ1n) is 4.96. The largest absolute Gasteiger partial charge is 0.392 e. The minimum Gasteiger partial charge on any atom is -0.392 e. The first-order chi connectivity index (χ1) is 8.11. The molecule has 0 unspecified atom stereocenters. The molecule has 0 saturated heterocycles. The molecule has 0 fully saturated rings. The molecule has 2 aromatic rings. The maximum absolute atomic E-state index is 13.0. The van der Waals surface area contributed by atoms with E-state index in [9.17, 15) is 9.50 Å². The molecule has 0 spiro atoms. The summed E-state index contributed by atoms with van der Waals surface area (Å²) in [5.74, 6) is -0.386. The smallest absolute Gasteiger partial charge is 0.123 e. The quantitative estimate of drug-likeness (QED) is 0.863. The Bertz CT molecular complexity index is 555. The predicted octanol–water partition coefficient (Wildman–Crippen LogP) is 4.29. The highest BCUT2D eigenvalue weighted by Gasteiger charge is 2.09. The molecule has 0 heterocycles. The Labute approximate surface area is 108 Å². The van der Waals surface area contributed by atoms with Gasteiger partial charge >= 0.3 is 0 Å². The summed E-state index contributed by atoms with van der Waals surface area (Å²) in [6.07, 6.45) is 0. The Balaban J connectivity index is 2.60. The fraction of sp³-hybridized carbons (Fsp3) is 0.0769. The van der Waals surface area contributed by atoms with Crippen molar-refractivity contribution >= 4 is 23.2 Å². The van der Waals surface area contributed by atoms with Gasteiger partial charge < -0.3 is 5.11 Å². The van der Waals surface area contributed by atoms with Crippen LogP contribution in [0.15, 0.2) is 36.4 Å². The van der Waals surface area contributed by atoms with Crippen LogP contribution in [-0.2, 0) is 6.61 Å². The second-order valence-electron chi connectivity index (χ2n) is 3.58. The Morgan fingerprint density at radius 3 is 2.35 bits per heavy atom. The van der Waals surface area contributed by atoms with Gasteiger partial charge in [-0.05, 0) is 35.4 Å². The molecular formula is C13H9Cl2FO. The molecular weight excluding hydrogens is 262 g/mol. The first-order valence-corrected chi connectivity index (χ1v) is 5.72. The van der Waals surface area contributed by atoms with E-state index < -0.39 is 0 Å². The normalized spacial score (nSPS) is 10.6. The molecule has 0 saturated carbocycles. The molecule has 4 heteroatoms. The van der Waals surface area contributed by atoms with Gasteiger partial charge in [0.2, 0.25) is 0 Å². The van der Waals surface area contributed by atoms with Crippen LogP contribution in [0.3, 0.4) is 0 Å². The van der Waals surface area contributed by atoms with Gasteiger partial charge in [-0.1, -0.05) is 35.3 Å². The van der Waals surface area contributed by atoms with Gasteiger partial charge in [0.25, 0.3) is 0 Å². The molecule has 2 aromatic carbocycles. The van der Waals surface area contributed by atoms with Crippen LogP contribution in [0.4, 0.5) is 4.39 Å². The second-order valence-corrected chi connectivity index (χ2v) is 4.43. The number of rotatable bonds is 2. The van der Waals surface area contributed by atoms with E-state index in [1.54, 1.807) is 24.3 Å². The molecule has 0 radical (unpaired) electrons. The lowest BCUT2D eigenvalue weighted by molar-refractivity contribution is 0.282. The van der Waals surface area contributed by atoms with Gasteiger partial charge in [-0.2, -0.15) is 0 Å². The van der Waals surface area contributed by atoms with Gasteiger partial charge in [0, 0.05) is 15.6 Å². The third-order valence-electron chi connectivity index (χ3n) is 2.46. The standard InChI is InChI=1S/C13H9Cl2FO/c14-9-1-3-12(13(15)6-9)11-4-2-10(16)5-8(11)7-17/h1-6,17H,7H2. The van der Waals surface area contributed by atoms with Crippen molar-refractivity contribution in [1.82, 2.24) is 0 Å². The highest BCUT2D eigenvalue weighted by molar-refractivity contribution is 6.36. The first kappa shape index (κ1) is 12.4. The van der Waals surface area contributed by atoms with Crippen molar-refractivity contribution < 1.29 is 9.50 Å². The van der Waals surface area contributed by atoms with E-state index >= 15 is 0 Å². The average Bonchev–Trinajstić information content (AvgIpc) is 2.30. The number of hydrogen-bond acceptors (Lipinski definition) is 1. The van der Waals surface area contributed by atoms with Crippen molar-refractivity contribution in [3.05, 3.63) is 57.8 Å². The van der Waals surface area contributed by atoms with Crippen LogP contribution in [0.1, 0.15) is 5.56 Å². The van der Waals surface area contributed by atoms with Crippen LogP contribution in [0, 0.1) is 5.82 Å². The summed E-state index contributed by atoms with van der Waals surface area (Å²) in [7, 11) is 0. The van der Waals surface area contributed by atoms with Crippen LogP contribution >= 0.6 is 23.2 Å². The van der Waals surface area contributed by atoms with Crippen molar-refractivity contribution in [2.24, 2.45) is 0 Å². The molecule has 0 aliphatic rings. The molecule has 17 heavy (non-hydrogen) atoms. The molecule has 1 nitrogen and oxygen atoms in total. The van der Waals surface area contributed by atoms with Gasteiger partial charge in [0.15, 0.2) is 0 Å². The lowest BCUT2D eigenvalue weighted by Gasteiger charge is -2.09. The highest BCUT2D eigenvalue weighted by atomic mass is 35.5. The van der Waals surface area contributed by atoms with Gasteiger partial charge in [0.1, 0.15) is 5.82 Å². The summed E-state index contributed by atoms with van der Waals surface area (Å²) >= 11 is 11.9. The summed E-state index contributed by atoms with van der Waals surface area (Å²) in [4.78, 5) is 0. The van der Waals surface area contributed by atoms with E-state index in [4.69, 9.17) is 23.2 Å². The predicted molar refractivity (Wildman–Crippen MR) is 67.8 cm³/mol. The summed E-state index contributed by atoms with van der Waals surface area (Å²) < 4.78 is 13.0. The molecule has 1 N–H and O–H groups in total. The topological polar surface area (TPSA) is 20.2 Å². The summed E-state index contributed by atoms with van der Waals surface area (Å²) in [5, 5.41) is 10.2. The lowest BCUT2D eigenvalue weighted by Crippen LogP contribution is -1.91. The lowest BCUT2D eigenvalue weighted by atomic mass is 10.00. The fourth-order valence-electron chi connectivity index (χ4n) is 1.66. The van der Waals surface area contributed by atoms with Crippen LogP contribution in [-0.4, -0.2) is 5.11 Å². The van der Waals surface area contributed by atoms with E-state index in [1.165, 1.54) is 12.1 Å². The zero-order valence-electron chi connectivity index (χ0n) is 8.75. The number of benzene rings is 2. The monoisotopic (exact) mass is 270 g/mol. The molecule has 0 amide bonds. The second kappa shape index (κ2) is 5.05. The molecule has 0 atom stereocenters. The average molecular weight is 271 g/mol. The van der Waals surface area contributed by atoms with Gasteiger partial charge in [-0.15, -0.1) is 0 Å². The van der Waals surface area contributed by atoms with E-state index in [0.717, 1.165) is 5.56 Å². The molecule has 88 valence electrons. The zero-order valence-corrected chi connectivity index (χ0v) is 10.3. The van der Waals surface area contributed by atoms with E-state index in [1.807, 2.05) is 0 Å². The molecule has 0 aromatic heterocycles. The summed E-state index contributed by atoms with van der Waals surface area (Å²) in [6, 6.07) is 9.28. The van der Waals surface area contributed by atoms with Crippen LogP contribution in [0.2, 0.25) is 10.0 Å². The van der Waals surface area contributed by atoms with Gasteiger partial charge in [0.05, 0.1) is 6.61 Å². The Morgan fingerprint density at radius 2 is 1.71 bits per heavy atom. The maximum atomic E-state index is 13.0. The van der Waals surface area contributed by atoms with Crippen molar-refractivity contribution in [2.45, 2.75) is 6.61 Å². The SMILES string of the molecule is OCc1cc(F)ccc1-c1ccc(Cl)cc1Cl. The van der Waals surface area contributed by atoms with E-state index in [2.05, 4.69) is 0 Å². The van der Waals surface area contributed by atoms with Crippen molar-refractivity contribution in [2.75, 3.05) is 0 Å².